The van der Waals surface area contributed by atoms with Gasteiger partial charge in [-0.25, -0.2) is 0 Å². The van der Waals surface area contributed by atoms with E-state index in [9.17, 15) is 20.4 Å². The molecule has 0 aromatic heterocycles. The van der Waals surface area contributed by atoms with Crippen LogP contribution in [0.5, 0.6) is 0 Å². The van der Waals surface area contributed by atoms with Gasteiger partial charge in [0.15, 0.2) is 0 Å². The van der Waals surface area contributed by atoms with Crippen molar-refractivity contribution in [3.05, 3.63) is 11.6 Å². The predicted octanol–water partition coefficient (Wildman–Crippen LogP) is 2.25. The lowest BCUT2D eigenvalue weighted by molar-refractivity contribution is -0.125. The topological polar surface area (TPSA) is 80.9 Å². The number of aliphatic hydroxyl groups excluding tert-OH is 4. The van der Waals surface area contributed by atoms with Crippen molar-refractivity contribution in [1.82, 2.24) is 0 Å². The van der Waals surface area contributed by atoms with Crippen LogP contribution in [0.25, 0.3) is 0 Å². The number of fused-ring (bicyclic) bond motifs is 3. The zero-order valence-electron chi connectivity index (χ0n) is 15.5. The maximum atomic E-state index is 10.5. The molecule has 0 heterocycles. The number of hydrogen-bond donors (Lipinski definition) is 4. The van der Waals surface area contributed by atoms with E-state index in [1.807, 2.05) is 13.8 Å². The van der Waals surface area contributed by atoms with Crippen molar-refractivity contribution >= 4 is 0 Å². The highest BCUT2D eigenvalue weighted by Gasteiger charge is 2.57. The number of allylic oxidation sites excluding steroid dienone is 1. The van der Waals surface area contributed by atoms with Gasteiger partial charge >= 0.3 is 0 Å². The maximum absolute atomic E-state index is 10.5. The Bertz CT molecular complexity index is 528. The molecule has 4 heteroatoms. The predicted molar refractivity (Wildman–Crippen MR) is 93.2 cm³/mol. The summed E-state index contributed by atoms with van der Waals surface area (Å²) in [6, 6.07) is 0. The summed E-state index contributed by atoms with van der Waals surface area (Å²) in [6.07, 6.45) is 4.64. The van der Waals surface area contributed by atoms with E-state index in [0.717, 1.165) is 25.7 Å². The summed E-state index contributed by atoms with van der Waals surface area (Å²) in [7, 11) is 0. The zero-order chi connectivity index (χ0) is 17.9. The van der Waals surface area contributed by atoms with E-state index in [-0.39, 0.29) is 22.9 Å². The number of hydrogen-bond acceptors (Lipinski definition) is 4. The molecule has 3 rings (SSSR count). The van der Waals surface area contributed by atoms with Crippen molar-refractivity contribution in [3.63, 3.8) is 0 Å². The van der Waals surface area contributed by atoms with Crippen LogP contribution in [-0.2, 0) is 0 Å². The highest BCUT2D eigenvalue weighted by Crippen LogP contribution is 2.63. The first-order chi connectivity index (χ1) is 11.1. The first-order valence-electron chi connectivity index (χ1n) is 9.42. The molecule has 0 amide bonds. The maximum Gasteiger partial charge on any atom is 0.0887 e. The molecule has 24 heavy (non-hydrogen) atoms. The summed E-state index contributed by atoms with van der Waals surface area (Å²) < 4.78 is 0. The molecule has 4 nitrogen and oxygen atoms in total. The molecule has 0 aliphatic heterocycles. The molecule has 0 aromatic rings. The fourth-order valence-corrected chi connectivity index (χ4v) is 5.89. The summed E-state index contributed by atoms with van der Waals surface area (Å²) in [5, 5.41) is 40.6. The van der Waals surface area contributed by atoms with E-state index in [1.54, 1.807) is 0 Å². The Balaban J connectivity index is 1.93. The van der Waals surface area contributed by atoms with Gasteiger partial charge in [0.05, 0.1) is 24.9 Å². The number of aliphatic hydroxyl groups is 4. The van der Waals surface area contributed by atoms with E-state index in [1.165, 1.54) is 5.57 Å². The molecule has 4 N–H and O–H groups in total. The molecule has 0 spiro atoms. The smallest absolute Gasteiger partial charge is 0.0887 e. The van der Waals surface area contributed by atoms with E-state index < -0.39 is 18.3 Å². The molecule has 138 valence electrons. The summed E-state index contributed by atoms with van der Waals surface area (Å²) in [5.41, 5.74) is 0.788. The van der Waals surface area contributed by atoms with Gasteiger partial charge in [-0.1, -0.05) is 39.3 Å². The Morgan fingerprint density at radius 3 is 2.46 bits per heavy atom. The van der Waals surface area contributed by atoms with Crippen LogP contribution in [0.3, 0.4) is 0 Å². The molecule has 0 radical (unpaired) electrons. The van der Waals surface area contributed by atoms with E-state index in [2.05, 4.69) is 19.9 Å². The lowest BCUT2D eigenvalue weighted by Crippen LogP contribution is -2.57. The monoisotopic (exact) mass is 338 g/mol. The number of rotatable bonds is 2. The third-order valence-corrected chi connectivity index (χ3v) is 7.98. The van der Waals surface area contributed by atoms with Crippen LogP contribution in [0.15, 0.2) is 11.6 Å². The Kier molecular flexibility index (Phi) is 4.44. The summed E-state index contributed by atoms with van der Waals surface area (Å²) >= 11 is 0. The third kappa shape index (κ3) is 2.49. The van der Waals surface area contributed by atoms with E-state index in [4.69, 9.17) is 0 Å². The highest BCUT2D eigenvalue weighted by molar-refractivity contribution is 5.29. The highest BCUT2D eigenvalue weighted by atomic mass is 16.3. The fourth-order valence-electron chi connectivity index (χ4n) is 5.89. The SMILES string of the molecule is CC1(C)C2=CCC3C[C@@](C)([C@@H](O)CO)CC[C@]3(C)C2C[C@@H](O)[C@H]1O. The van der Waals surface area contributed by atoms with Crippen molar-refractivity contribution in [1.29, 1.82) is 0 Å². The standard InChI is InChI=1S/C20H34O4/c1-18(2)13-6-5-12-10-19(3,16(23)11-21)7-8-20(12,4)14(13)9-15(22)17(18)24/h6,12,14-17,21-24H,5,7-11H2,1-4H3/t12?,14?,15-,16+,17-,19+,20+/m1/s1. The molecule has 2 fully saturated rings. The van der Waals surface area contributed by atoms with E-state index in [0.29, 0.717) is 18.3 Å². The minimum absolute atomic E-state index is 0.0944. The van der Waals surface area contributed by atoms with Gasteiger partial charge in [-0.3, -0.25) is 0 Å². The van der Waals surface area contributed by atoms with Gasteiger partial charge in [0.25, 0.3) is 0 Å². The molecular weight excluding hydrogens is 304 g/mol. The van der Waals surface area contributed by atoms with Crippen molar-refractivity contribution in [3.8, 4) is 0 Å². The Hall–Kier alpha value is -0.420. The minimum Gasteiger partial charge on any atom is -0.394 e. The van der Waals surface area contributed by atoms with Crippen LogP contribution in [0.1, 0.15) is 59.8 Å². The molecule has 2 unspecified atom stereocenters. The first-order valence-corrected chi connectivity index (χ1v) is 9.42. The van der Waals surface area contributed by atoms with Gasteiger partial charge in [-0.2, -0.15) is 0 Å². The largest absolute Gasteiger partial charge is 0.394 e. The average Bonchev–Trinajstić information content (AvgIpc) is 2.53. The van der Waals surface area contributed by atoms with Crippen molar-refractivity contribution < 1.29 is 20.4 Å². The quantitative estimate of drug-likeness (QED) is 0.582. The van der Waals surface area contributed by atoms with Crippen LogP contribution in [0.4, 0.5) is 0 Å². The lowest BCUT2D eigenvalue weighted by atomic mass is 9.46. The Labute approximate surface area is 145 Å². The summed E-state index contributed by atoms with van der Waals surface area (Å²) in [4.78, 5) is 0. The molecule has 0 saturated heterocycles. The summed E-state index contributed by atoms with van der Waals surface area (Å²) in [5.74, 6) is 0.741. The van der Waals surface area contributed by atoms with Crippen LogP contribution < -0.4 is 0 Å². The molecule has 2 saturated carbocycles. The van der Waals surface area contributed by atoms with Gasteiger partial charge in [-0.05, 0) is 54.8 Å². The van der Waals surface area contributed by atoms with Crippen molar-refractivity contribution in [2.45, 2.75) is 78.1 Å². The van der Waals surface area contributed by atoms with Gasteiger partial charge in [0.2, 0.25) is 0 Å². The van der Waals surface area contributed by atoms with E-state index >= 15 is 0 Å². The Morgan fingerprint density at radius 2 is 1.83 bits per heavy atom. The van der Waals surface area contributed by atoms with Gasteiger partial charge in [0.1, 0.15) is 0 Å². The summed E-state index contributed by atoms with van der Waals surface area (Å²) in [6.45, 7) is 8.34. The molecule has 0 bridgehead atoms. The minimum atomic E-state index is -0.704. The molecule has 7 atom stereocenters. The lowest BCUT2D eigenvalue weighted by Gasteiger charge is -2.60. The second-order valence-electron chi connectivity index (χ2n) is 9.68. The Morgan fingerprint density at radius 1 is 1.17 bits per heavy atom. The van der Waals surface area contributed by atoms with Gasteiger partial charge in [0, 0.05) is 5.41 Å². The molecular formula is C20H34O4. The van der Waals surface area contributed by atoms with Gasteiger partial charge < -0.3 is 20.4 Å². The zero-order valence-corrected chi connectivity index (χ0v) is 15.5. The second kappa shape index (κ2) is 5.80. The van der Waals surface area contributed by atoms with Crippen LogP contribution in [0.2, 0.25) is 0 Å². The second-order valence-corrected chi connectivity index (χ2v) is 9.68. The molecule has 0 aromatic carbocycles. The van der Waals surface area contributed by atoms with Crippen LogP contribution in [0, 0.1) is 28.1 Å². The van der Waals surface area contributed by atoms with Crippen LogP contribution >= 0.6 is 0 Å². The third-order valence-electron chi connectivity index (χ3n) is 7.98. The normalized spacial score (nSPS) is 48.9. The van der Waals surface area contributed by atoms with Crippen LogP contribution in [-0.4, -0.2) is 45.3 Å². The van der Waals surface area contributed by atoms with Gasteiger partial charge in [-0.15, -0.1) is 0 Å². The van der Waals surface area contributed by atoms with Crippen molar-refractivity contribution in [2.24, 2.45) is 28.1 Å². The molecule has 3 aliphatic rings. The molecule has 3 aliphatic carbocycles. The average molecular weight is 338 g/mol. The van der Waals surface area contributed by atoms with Crippen molar-refractivity contribution in [2.75, 3.05) is 6.61 Å². The fraction of sp³-hybridized carbons (Fsp3) is 0.900. The first kappa shape index (κ1) is 18.4.